The molecule has 0 rings (SSSR count). The number of phosphoric acid groups is 2. The predicted molar refractivity (Wildman–Crippen MR) is 400 cm³/mol. The van der Waals surface area contributed by atoms with Gasteiger partial charge in [0.05, 0.1) is 26.4 Å². The zero-order valence-corrected chi connectivity index (χ0v) is 65.4. The second-order valence-corrected chi connectivity index (χ2v) is 31.6. The largest absolute Gasteiger partial charge is 0.472 e. The van der Waals surface area contributed by atoms with E-state index in [1.165, 1.54) is 186 Å². The fourth-order valence-corrected chi connectivity index (χ4v) is 13.2. The average Bonchev–Trinajstić information content (AvgIpc) is 1.05. The number of phosphoric ester groups is 2. The molecule has 98 heavy (non-hydrogen) atoms. The standard InChI is InChI=1S/C79H150O17P2/c1-7-9-11-13-15-17-19-21-23-27-31-37-43-49-55-61-76(81)89-67-74(95-79(84)64-58-52-46-39-33-29-25-26-30-35-41-47-53-59-71(3)4)69-93-97(85,86)91-65-73(80)66-92-98(87,88)94-70-75(68-90-77(82)62-56-50-44-40-34-36-42-48-54-60-72(5)6)96-78(83)63-57-51-45-38-32-28-24-22-20-18-16-14-12-10-8-2/h17,19,21,23,71-75,80H,7-16,18,20,22,24-70H2,1-6H3,(H,85,86)(H,87,88)/b19-17-,23-21-/t73-,74-,75-/m1/s1. The lowest BCUT2D eigenvalue weighted by atomic mass is 10.0. The van der Waals surface area contributed by atoms with E-state index in [1.54, 1.807) is 0 Å². The van der Waals surface area contributed by atoms with Gasteiger partial charge in [-0.1, -0.05) is 336 Å². The van der Waals surface area contributed by atoms with E-state index in [-0.39, 0.29) is 25.7 Å². The molecule has 0 saturated heterocycles. The number of hydrogen-bond donors (Lipinski definition) is 3. The van der Waals surface area contributed by atoms with Gasteiger partial charge in [-0.05, 0) is 63.2 Å². The van der Waals surface area contributed by atoms with Gasteiger partial charge in [-0.25, -0.2) is 9.13 Å². The molecule has 3 N–H and O–H groups in total. The molecule has 0 aliphatic carbocycles. The van der Waals surface area contributed by atoms with Crippen molar-refractivity contribution in [3.8, 4) is 0 Å². The Balaban J connectivity index is 5.30. The molecule has 17 nitrogen and oxygen atoms in total. The lowest BCUT2D eigenvalue weighted by Gasteiger charge is -2.21. The van der Waals surface area contributed by atoms with E-state index in [9.17, 15) is 43.2 Å². The highest BCUT2D eigenvalue weighted by Crippen LogP contribution is 2.45. The molecule has 0 bridgehead atoms. The van der Waals surface area contributed by atoms with Gasteiger partial charge in [-0.2, -0.15) is 0 Å². The molecule has 0 radical (unpaired) electrons. The van der Waals surface area contributed by atoms with Gasteiger partial charge in [0.25, 0.3) is 0 Å². The maximum atomic E-state index is 13.1. The SMILES string of the molecule is CCCCCC/C=C\C=C/CCCCCCCC(=O)OC[C@H](COP(=O)(O)OC[C@@H](O)COP(=O)(O)OC[C@@H](COC(=O)CCCCCCCCCCCC(C)C)OC(=O)CCCCCCCCCCCCCCCCC)OC(=O)CCCCCCCCCCCCCCCC(C)C. The normalized spacial score (nSPS) is 14.1. The third-order valence-electron chi connectivity index (χ3n) is 17.8. The summed E-state index contributed by atoms with van der Waals surface area (Å²) in [5.41, 5.74) is 0. The number of aliphatic hydroxyl groups excluding tert-OH is 1. The van der Waals surface area contributed by atoms with Gasteiger partial charge < -0.3 is 33.8 Å². The molecule has 0 saturated carbocycles. The van der Waals surface area contributed by atoms with Crippen LogP contribution in [0.1, 0.15) is 388 Å². The highest BCUT2D eigenvalue weighted by Gasteiger charge is 2.30. The Kier molecular flexibility index (Phi) is 68.5. The van der Waals surface area contributed by atoms with Crippen molar-refractivity contribution < 1.29 is 80.2 Å². The third kappa shape index (κ3) is 71.9. The zero-order valence-electron chi connectivity index (χ0n) is 63.6. The highest BCUT2D eigenvalue weighted by atomic mass is 31.2. The summed E-state index contributed by atoms with van der Waals surface area (Å²) in [7, 11) is -9.93. The molecule has 0 aliphatic rings. The molecule has 0 fully saturated rings. The summed E-state index contributed by atoms with van der Waals surface area (Å²) in [6, 6.07) is 0. The first kappa shape index (κ1) is 95.5. The quantitative estimate of drug-likeness (QED) is 0.0169. The van der Waals surface area contributed by atoms with Gasteiger partial charge in [-0.15, -0.1) is 0 Å². The first-order valence-corrected chi connectivity index (χ1v) is 43.3. The Morgan fingerprint density at radius 3 is 0.837 bits per heavy atom. The summed E-state index contributed by atoms with van der Waals surface area (Å²) in [5, 5.41) is 10.6. The van der Waals surface area contributed by atoms with Gasteiger partial charge in [0.15, 0.2) is 12.2 Å². The van der Waals surface area contributed by atoms with Gasteiger partial charge in [0, 0.05) is 25.7 Å². The lowest BCUT2D eigenvalue weighted by molar-refractivity contribution is -0.161. The van der Waals surface area contributed by atoms with E-state index >= 15 is 0 Å². The monoisotopic (exact) mass is 1430 g/mol. The Morgan fingerprint density at radius 2 is 0.551 bits per heavy atom. The van der Waals surface area contributed by atoms with Crippen LogP contribution in [0, 0.1) is 11.8 Å². The topological polar surface area (TPSA) is 237 Å². The zero-order chi connectivity index (χ0) is 72.1. The van der Waals surface area contributed by atoms with E-state index in [4.69, 9.17) is 37.0 Å². The highest BCUT2D eigenvalue weighted by molar-refractivity contribution is 7.47. The van der Waals surface area contributed by atoms with Crippen molar-refractivity contribution >= 4 is 39.5 Å². The van der Waals surface area contributed by atoms with Crippen LogP contribution in [0.15, 0.2) is 24.3 Å². The first-order valence-electron chi connectivity index (χ1n) is 40.3. The van der Waals surface area contributed by atoms with E-state index < -0.39 is 97.5 Å². The van der Waals surface area contributed by atoms with Crippen molar-refractivity contribution in [2.75, 3.05) is 39.6 Å². The van der Waals surface area contributed by atoms with Crippen molar-refractivity contribution in [2.24, 2.45) is 11.8 Å². The van der Waals surface area contributed by atoms with E-state index in [1.807, 2.05) is 0 Å². The number of carbonyl (C=O) groups is 4. The van der Waals surface area contributed by atoms with Gasteiger partial charge in [0.2, 0.25) is 0 Å². The van der Waals surface area contributed by atoms with E-state index in [2.05, 4.69) is 65.8 Å². The average molecular weight is 1430 g/mol. The van der Waals surface area contributed by atoms with Crippen molar-refractivity contribution in [1.82, 2.24) is 0 Å². The molecule has 0 aliphatic heterocycles. The molecule has 0 aromatic heterocycles. The number of unbranched alkanes of at least 4 members (excludes halogenated alkanes) is 43. The molecule has 19 heteroatoms. The second kappa shape index (κ2) is 70.2. The number of allylic oxidation sites excluding steroid dienone is 4. The van der Waals surface area contributed by atoms with Crippen LogP contribution in [0.25, 0.3) is 0 Å². The minimum absolute atomic E-state index is 0.100. The molecule has 0 spiro atoms. The van der Waals surface area contributed by atoms with Crippen LogP contribution in [0.3, 0.4) is 0 Å². The minimum Gasteiger partial charge on any atom is -0.462 e. The molecule has 578 valence electrons. The first-order chi connectivity index (χ1) is 47.4. The number of rotatable bonds is 76. The number of aliphatic hydroxyl groups is 1. The van der Waals surface area contributed by atoms with E-state index in [0.717, 1.165) is 121 Å². The molecule has 0 heterocycles. The molecule has 0 aromatic rings. The summed E-state index contributed by atoms with van der Waals surface area (Å²) in [6.07, 6.45) is 61.7. The predicted octanol–water partition coefficient (Wildman–Crippen LogP) is 23.1. The maximum absolute atomic E-state index is 13.1. The number of hydrogen-bond acceptors (Lipinski definition) is 15. The number of ether oxygens (including phenoxy) is 4. The van der Waals surface area contributed by atoms with Gasteiger partial charge in [-0.3, -0.25) is 37.3 Å². The fraction of sp³-hybridized carbons (Fsp3) is 0.899. The summed E-state index contributed by atoms with van der Waals surface area (Å²) in [6.45, 7) is 9.55. The van der Waals surface area contributed by atoms with Crippen molar-refractivity contribution in [3.05, 3.63) is 24.3 Å². The Labute approximate surface area is 599 Å². The Hall–Kier alpha value is -2.46. The Bertz CT molecular complexity index is 1980. The van der Waals surface area contributed by atoms with E-state index in [0.29, 0.717) is 25.7 Å². The molecular formula is C79H150O17P2. The molecule has 5 atom stereocenters. The molecular weight excluding hydrogens is 1280 g/mol. The summed E-state index contributed by atoms with van der Waals surface area (Å²) < 4.78 is 68.6. The Morgan fingerprint density at radius 1 is 0.316 bits per heavy atom. The number of esters is 4. The van der Waals surface area contributed by atoms with Gasteiger partial charge in [0.1, 0.15) is 19.3 Å². The fourth-order valence-electron chi connectivity index (χ4n) is 11.6. The summed E-state index contributed by atoms with van der Waals surface area (Å²) in [4.78, 5) is 73.0. The van der Waals surface area contributed by atoms with Crippen LogP contribution in [-0.2, 0) is 65.4 Å². The maximum Gasteiger partial charge on any atom is 0.472 e. The molecule has 0 aromatic carbocycles. The minimum atomic E-state index is -4.97. The molecule has 2 unspecified atom stereocenters. The number of carbonyl (C=O) groups excluding carboxylic acids is 4. The smallest absolute Gasteiger partial charge is 0.462 e. The van der Waals surface area contributed by atoms with Crippen molar-refractivity contribution in [1.29, 1.82) is 0 Å². The van der Waals surface area contributed by atoms with Crippen LogP contribution in [0.4, 0.5) is 0 Å². The lowest BCUT2D eigenvalue weighted by Crippen LogP contribution is -2.30. The summed E-state index contributed by atoms with van der Waals surface area (Å²) in [5.74, 6) is -0.614. The second-order valence-electron chi connectivity index (χ2n) is 28.7. The van der Waals surface area contributed by atoms with Gasteiger partial charge >= 0.3 is 39.5 Å². The van der Waals surface area contributed by atoms with Crippen LogP contribution in [0.5, 0.6) is 0 Å². The summed E-state index contributed by atoms with van der Waals surface area (Å²) >= 11 is 0. The third-order valence-corrected chi connectivity index (χ3v) is 19.7. The van der Waals surface area contributed by atoms with Crippen LogP contribution >= 0.6 is 15.6 Å². The van der Waals surface area contributed by atoms with Crippen LogP contribution in [-0.4, -0.2) is 96.7 Å². The molecule has 0 amide bonds. The van der Waals surface area contributed by atoms with Crippen LogP contribution < -0.4 is 0 Å². The van der Waals surface area contributed by atoms with Crippen LogP contribution in [0.2, 0.25) is 0 Å². The van der Waals surface area contributed by atoms with Crippen molar-refractivity contribution in [3.63, 3.8) is 0 Å². The van der Waals surface area contributed by atoms with Crippen molar-refractivity contribution in [2.45, 2.75) is 407 Å².